The van der Waals surface area contributed by atoms with Crippen molar-refractivity contribution in [2.24, 2.45) is 17.8 Å². The van der Waals surface area contributed by atoms with Crippen molar-refractivity contribution in [3.63, 3.8) is 0 Å². The predicted octanol–water partition coefficient (Wildman–Crippen LogP) is 3.14. The van der Waals surface area contributed by atoms with Crippen molar-refractivity contribution >= 4 is 0 Å². The molecule has 0 aliphatic rings. The van der Waals surface area contributed by atoms with Crippen LogP contribution in [-0.4, -0.2) is 0 Å². The molecule has 0 saturated heterocycles. The van der Waals surface area contributed by atoms with Gasteiger partial charge in [-0.3, -0.25) is 0 Å². The molecule has 0 nitrogen and oxygen atoms in total. The zero-order valence-corrected chi connectivity index (χ0v) is 7.15. The highest BCUT2D eigenvalue weighted by Gasteiger charge is 2.13. The molecule has 0 aliphatic heterocycles. The van der Waals surface area contributed by atoms with Crippen molar-refractivity contribution in [3.05, 3.63) is 6.92 Å². The van der Waals surface area contributed by atoms with E-state index < -0.39 is 0 Å². The smallest absolute Gasteiger partial charge is 0.0368 e. The molecule has 0 spiro atoms. The minimum Gasteiger partial charge on any atom is -0.0651 e. The quantitative estimate of drug-likeness (QED) is 0.546. The monoisotopic (exact) mass is 127 g/mol. The van der Waals surface area contributed by atoms with Crippen molar-refractivity contribution < 1.29 is 0 Å². The molecular formula is C9H19. The molecule has 0 rings (SSSR count). The summed E-state index contributed by atoms with van der Waals surface area (Å²) in [5.74, 6) is 2.21. The molecule has 2 atom stereocenters. The zero-order chi connectivity index (χ0) is 7.44. The zero-order valence-electron chi connectivity index (χ0n) is 7.15. The van der Waals surface area contributed by atoms with Crippen LogP contribution in [0.25, 0.3) is 0 Å². The maximum absolute atomic E-state index is 4.03. The Bertz CT molecular complexity index is 54.4. The third kappa shape index (κ3) is 2.88. The second kappa shape index (κ2) is 3.92. The Hall–Kier alpha value is 0. The predicted molar refractivity (Wildman–Crippen MR) is 43.1 cm³/mol. The van der Waals surface area contributed by atoms with E-state index in [0.29, 0.717) is 5.92 Å². The van der Waals surface area contributed by atoms with E-state index in [9.17, 15) is 0 Å². The molecule has 2 unspecified atom stereocenters. The first kappa shape index (κ1) is 9.00. The standard InChI is InChI=1S/C9H19/c1-6-9(7(2)3)8(4)5/h7-9H,2,6H2,1,3-5H3. The minimum atomic E-state index is 0.606. The van der Waals surface area contributed by atoms with Gasteiger partial charge in [0.1, 0.15) is 0 Å². The molecule has 0 amide bonds. The van der Waals surface area contributed by atoms with E-state index >= 15 is 0 Å². The molecule has 1 radical (unpaired) electrons. The second-order valence-corrected chi connectivity index (χ2v) is 3.29. The molecular weight excluding hydrogens is 108 g/mol. The van der Waals surface area contributed by atoms with Gasteiger partial charge >= 0.3 is 0 Å². The van der Waals surface area contributed by atoms with E-state index in [4.69, 9.17) is 0 Å². The van der Waals surface area contributed by atoms with Crippen LogP contribution in [0.4, 0.5) is 0 Å². The third-order valence-corrected chi connectivity index (χ3v) is 2.06. The van der Waals surface area contributed by atoms with Gasteiger partial charge in [-0.15, -0.1) is 0 Å². The van der Waals surface area contributed by atoms with Gasteiger partial charge in [0.25, 0.3) is 0 Å². The second-order valence-electron chi connectivity index (χ2n) is 3.29. The van der Waals surface area contributed by atoms with Crippen molar-refractivity contribution in [2.75, 3.05) is 0 Å². The van der Waals surface area contributed by atoms with Crippen molar-refractivity contribution in [3.8, 4) is 0 Å². The van der Waals surface area contributed by atoms with E-state index in [1.165, 1.54) is 6.42 Å². The van der Waals surface area contributed by atoms with Gasteiger partial charge in [0, 0.05) is 0 Å². The first-order chi connectivity index (χ1) is 4.09. The van der Waals surface area contributed by atoms with E-state index in [1.54, 1.807) is 0 Å². The largest absolute Gasteiger partial charge is 0.0651 e. The van der Waals surface area contributed by atoms with Gasteiger partial charge in [-0.25, -0.2) is 0 Å². The molecule has 0 aromatic heterocycles. The number of hydrogen-bond acceptors (Lipinski definition) is 0. The van der Waals surface area contributed by atoms with Crippen LogP contribution in [0, 0.1) is 24.7 Å². The molecule has 0 heterocycles. The lowest BCUT2D eigenvalue weighted by Crippen LogP contribution is -2.14. The highest BCUT2D eigenvalue weighted by molar-refractivity contribution is 4.69. The summed E-state index contributed by atoms with van der Waals surface area (Å²) < 4.78 is 0. The summed E-state index contributed by atoms with van der Waals surface area (Å²) in [5.41, 5.74) is 0. The van der Waals surface area contributed by atoms with Crippen LogP contribution in [0.1, 0.15) is 34.1 Å². The maximum Gasteiger partial charge on any atom is -0.0368 e. The van der Waals surface area contributed by atoms with Gasteiger partial charge in [-0.1, -0.05) is 41.0 Å². The van der Waals surface area contributed by atoms with Crippen LogP contribution in [0.2, 0.25) is 0 Å². The fraction of sp³-hybridized carbons (Fsp3) is 0.889. The van der Waals surface area contributed by atoms with Gasteiger partial charge in [-0.2, -0.15) is 0 Å². The number of hydrogen-bond donors (Lipinski definition) is 0. The van der Waals surface area contributed by atoms with Crippen LogP contribution in [-0.2, 0) is 0 Å². The minimum absolute atomic E-state index is 0.606. The Morgan fingerprint density at radius 3 is 1.67 bits per heavy atom. The van der Waals surface area contributed by atoms with Crippen LogP contribution < -0.4 is 0 Å². The fourth-order valence-electron chi connectivity index (χ4n) is 1.53. The molecule has 0 aromatic carbocycles. The highest BCUT2D eigenvalue weighted by atomic mass is 14.2. The molecule has 55 valence electrons. The van der Waals surface area contributed by atoms with E-state index in [1.807, 2.05) is 0 Å². The van der Waals surface area contributed by atoms with Crippen LogP contribution >= 0.6 is 0 Å². The molecule has 0 aliphatic carbocycles. The lowest BCUT2D eigenvalue weighted by atomic mass is 9.84. The lowest BCUT2D eigenvalue weighted by Gasteiger charge is -2.22. The average Bonchev–Trinajstić information content (AvgIpc) is 1.64. The molecule has 9 heavy (non-hydrogen) atoms. The van der Waals surface area contributed by atoms with E-state index in [2.05, 4.69) is 34.6 Å². The lowest BCUT2D eigenvalue weighted by molar-refractivity contribution is 0.301. The Kier molecular flexibility index (Phi) is 3.92. The molecule has 0 bridgehead atoms. The summed E-state index contributed by atoms with van der Waals surface area (Å²) in [5, 5.41) is 0. The van der Waals surface area contributed by atoms with E-state index in [-0.39, 0.29) is 0 Å². The van der Waals surface area contributed by atoms with Crippen LogP contribution in [0.5, 0.6) is 0 Å². The van der Waals surface area contributed by atoms with Gasteiger partial charge in [0.2, 0.25) is 0 Å². The van der Waals surface area contributed by atoms with Crippen molar-refractivity contribution in [2.45, 2.75) is 34.1 Å². The summed E-state index contributed by atoms with van der Waals surface area (Å²) in [4.78, 5) is 0. The number of rotatable bonds is 3. The fourth-order valence-corrected chi connectivity index (χ4v) is 1.53. The maximum atomic E-state index is 4.03. The van der Waals surface area contributed by atoms with Gasteiger partial charge in [-0.05, 0) is 17.8 Å². The van der Waals surface area contributed by atoms with Gasteiger partial charge < -0.3 is 0 Å². The highest BCUT2D eigenvalue weighted by Crippen LogP contribution is 2.22. The summed E-state index contributed by atoms with van der Waals surface area (Å²) in [6, 6.07) is 0. The molecule has 0 heteroatoms. The molecule has 0 saturated carbocycles. The SMILES string of the molecule is [CH2]C(C)C(CC)C(C)C. The molecule has 0 N–H and O–H groups in total. The topological polar surface area (TPSA) is 0 Å². The Morgan fingerprint density at radius 2 is 1.67 bits per heavy atom. The first-order valence-electron chi connectivity index (χ1n) is 3.92. The van der Waals surface area contributed by atoms with Gasteiger partial charge in [0.15, 0.2) is 0 Å². The summed E-state index contributed by atoms with van der Waals surface area (Å²) in [6.45, 7) is 13.0. The third-order valence-electron chi connectivity index (χ3n) is 2.06. The molecule has 0 fully saturated rings. The Labute approximate surface area is 59.7 Å². The average molecular weight is 127 g/mol. The normalized spacial score (nSPS) is 12.0. The van der Waals surface area contributed by atoms with Crippen molar-refractivity contribution in [1.29, 1.82) is 0 Å². The summed E-state index contributed by atoms with van der Waals surface area (Å²) in [6.07, 6.45) is 1.27. The van der Waals surface area contributed by atoms with Crippen LogP contribution in [0.3, 0.4) is 0 Å². The first-order valence-corrected chi connectivity index (χ1v) is 3.92. The molecule has 0 aromatic rings. The Morgan fingerprint density at radius 1 is 1.22 bits per heavy atom. The van der Waals surface area contributed by atoms with Crippen LogP contribution in [0.15, 0.2) is 0 Å². The van der Waals surface area contributed by atoms with Crippen molar-refractivity contribution in [1.82, 2.24) is 0 Å². The Balaban J connectivity index is 3.68. The van der Waals surface area contributed by atoms with Gasteiger partial charge in [0.05, 0.1) is 0 Å². The summed E-state index contributed by atoms with van der Waals surface area (Å²) >= 11 is 0. The van der Waals surface area contributed by atoms with E-state index in [0.717, 1.165) is 11.8 Å². The summed E-state index contributed by atoms with van der Waals surface area (Å²) in [7, 11) is 0.